The summed E-state index contributed by atoms with van der Waals surface area (Å²) in [5.74, 6) is -1.38. The molecule has 3 aromatic rings. The van der Waals surface area contributed by atoms with Crippen LogP contribution in [-0.2, 0) is 24.3 Å². The Labute approximate surface area is 190 Å². The Kier molecular flexibility index (Phi) is 7.95. The van der Waals surface area contributed by atoms with Crippen LogP contribution in [0.15, 0.2) is 60.7 Å². The summed E-state index contributed by atoms with van der Waals surface area (Å²) in [5, 5.41) is 11.9. The average Bonchev–Trinajstić information content (AvgIpc) is 2.78. The quantitative estimate of drug-likeness (QED) is 0.404. The summed E-state index contributed by atoms with van der Waals surface area (Å²) in [6, 6.07) is 17.2. The molecule has 0 radical (unpaired) electrons. The summed E-state index contributed by atoms with van der Waals surface area (Å²) in [7, 11) is 1.81. The Morgan fingerprint density at radius 2 is 1.76 bits per heavy atom. The van der Waals surface area contributed by atoms with E-state index in [1.54, 1.807) is 55.6 Å². The predicted molar refractivity (Wildman–Crippen MR) is 124 cm³/mol. The van der Waals surface area contributed by atoms with Gasteiger partial charge in [-0.3, -0.25) is 4.79 Å². The molecule has 0 bridgehead atoms. The van der Waals surface area contributed by atoms with Crippen LogP contribution < -0.4 is 16.0 Å². The van der Waals surface area contributed by atoms with Crippen molar-refractivity contribution in [2.75, 3.05) is 23.8 Å². The zero-order chi connectivity index (χ0) is 24.0. The van der Waals surface area contributed by atoms with E-state index in [-0.39, 0.29) is 13.0 Å². The summed E-state index contributed by atoms with van der Waals surface area (Å²) in [4.78, 5) is 13.1. The van der Waals surface area contributed by atoms with Crippen LogP contribution in [0.2, 0.25) is 0 Å². The first-order valence-corrected chi connectivity index (χ1v) is 10.4. The number of carboxylic acid groups (broad SMARTS) is 1. The number of benzene rings is 3. The van der Waals surface area contributed by atoms with Crippen LogP contribution in [0.1, 0.15) is 16.7 Å². The molecule has 8 heteroatoms. The molecular formula is C25H26F3N3O2. The van der Waals surface area contributed by atoms with Gasteiger partial charge >= 0.3 is 5.97 Å². The van der Waals surface area contributed by atoms with Gasteiger partial charge in [0.2, 0.25) is 0 Å². The summed E-state index contributed by atoms with van der Waals surface area (Å²) >= 11 is 0. The van der Waals surface area contributed by atoms with E-state index < -0.39 is 24.8 Å². The average molecular weight is 457 g/mol. The van der Waals surface area contributed by atoms with E-state index in [1.807, 2.05) is 17.0 Å². The SMILES string of the molecule is CN(Cc1ccccc1CC(=O)O)c1cc(NCC(F)F)cc(-c2cccc(CN)c2F)c1. The molecule has 5 nitrogen and oxygen atoms in total. The van der Waals surface area contributed by atoms with Gasteiger partial charge in [-0.25, -0.2) is 13.2 Å². The molecule has 0 atom stereocenters. The number of halogens is 3. The molecule has 3 aromatic carbocycles. The van der Waals surface area contributed by atoms with Crippen molar-refractivity contribution < 1.29 is 23.1 Å². The van der Waals surface area contributed by atoms with Crippen LogP contribution in [0.5, 0.6) is 0 Å². The first kappa shape index (κ1) is 24.1. The molecule has 0 saturated carbocycles. The fourth-order valence-corrected chi connectivity index (χ4v) is 3.64. The highest BCUT2D eigenvalue weighted by atomic mass is 19.3. The van der Waals surface area contributed by atoms with Crippen molar-refractivity contribution in [2.24, 2.45) is 5.73 Å². The van der Waals surface area contributed by atoms with Gasteiger partial charge in [-0.05, 0) is 34.9 Å². The molecule has 0 unspecified atom stereocenters. The Balaban J connectivity index is 2.00. The predicted octanol–water partition coefficient (Wildman–Crippen LogP) is 4.89. The highest BCUT2D eigenvalue weighted by Crippen LogP contribution is 2.32. The molecule has 0 saturated heterocycles. The number of nitrogens with one attached hydrogen (secondary N) is 1. The molecule has 0 aliphatic rings. The van der Waals surface area contributed by atoms with Crippen molar-refractivity contribution in [3.8, 4) is 11.1 Å². The topological polar surface area (TPSA) is 78.6 Å². The van der Waals surface area contributed by atoms with Gasteiger partial charge in [-0.2, -0.15) is 0 Å². The maximum absolute atomic E-state index is 15.0. The maximum Gasteiger partial charge on any atom is 0.307 e. The van der Waals surface area contributed by atoms with E-state index in [1.165, 1.54) is 0 Å². The Morgan fingerprint density at radius 3 is 2.42 bits per heavy atom. The van der Waals surface area contributed by atoms with Gasteiger partial charge in [0, 0.05) is 42.6 Å². The van der Waals surface area contributed by atoms with Crippen molar-refractivity contribution in [1.29, 1.82) is 0 Å². The third kappa shape index (κ3) is 6.26. The number of anilines is 2. The normalized spacial score (nSPS) is 11.0. The molecule has 3 rings (SSSR count). The molecule has 174 valence electrons. The van der Waals surface area contributed by atoms with Crippen LogP contribution in [0.3, 0.4) is 0 Å². The lowest BCUT2D eigenvalue weighted by molar-refractivity contribution is -0.136. The zero-order valence-electron chi connectivity index (χ0n) is 18.2. The highest BCUT2D eigenvalue weighted by Gasteiger charge is 2.15. The van der Waals surface area contributed by atoms with Gasteiger partial charge < -0.3 is 21.1 Å². The molecule has 0 spiro atoms. The van der Waals surface area contributed by atoms with Crippen LogP contribution in [0.4, 0.5) is 24.5 Å². The standard InChI is InChI=1S/C25H26F3N3O2/c1-31(15-18-6-3-2-5-16(18)11-24(32)33)21-10-19(9-20(12-21)30-14-23(26)27)22-8-4-7-17(13-29)25(22)28/h2-10,12,23,30H,11,13-15,29H2,1H3,(H,32,33). The summed E-state index contributed by atoms with van der Waals surface area (Å²) in [6.45, 7) is -0.123. The third-order valence-electron chi connectivity index (χ3n) is 5.30. The van der Waals surface area contributed by atoms with E-state index in [0.717, 1.165) is 5.56 Å². The Hall–Kier alpha value is -3.52. The summed E-state index contributed by atoms with van der Waals surface area (Å²) < 4.78 is 40.6. The van der Waals surface area contributed by atoms with E-state index in [2.05, 4.69) is 5.32 Å². The van der Waals surface area contributed by atoms with Crippen LogP contribution in [-0.4, -0.2) is 31.1 Å². The van der Waals surface area contributed by atoms with E-state index >= 15 is 0 Å². The lowest BCUT2D eigenvalue weighted by Gasteiger charge is -2.23. The fraction of sp³-hybridized carbons (Fsp3) is 0.240. The largest absolute Gasteiger partial charge is 0.481 e. The third-order valence-corrected chi connectivity index (χ3v) is 5.30. The minimum atomic E-state index is -2.55. The van der Waals surface area contributed by atoms with Crippen molar-refractivity contribution in [2.45, 2.75) is 25.9 Å². The van der Waals surface area contributed by atoms with Crippen molar-refractivity contribution >= 4 is 17.3 Å². The van der Waals surface area contributed by atoms with E-state index in [0.29, 0.717) is 40.2 Å². The monoisotopic (exact) mass is 457 g/mol. The second kappa shape index (κ2) is 10.9. The lowest BCUT2D eigenvalue weighted by Crippen LogP contribution is -2.19. The molecule has 0 amide bonds. The van der Waals surface area contributed by atoms with Gasteiger partial charge in [-0.15, -0.1) is 0 Å². The van der Waals surface area contributed by atoms with Crippen LogP contribution in [0, 0.1) is 5.82 Å². The van der Waals surface area contributed by atoms with Crippen molar-refractivity contribution in [1.82, 2.24) is 0 Å². The Morgan fingerprint density at radius 1 is 1.06 bits per heavy atom. The number of hydrogen-bond donors (Lipinski definition) is 3. The van der Waals surface area contributed by atoms with Crippen molar-refractivity contribution in [3.05, 3.63) is 83.2 Å². The number of hydrogen-bond acceptors (Lipinski definition) is 4. The zero-order valence-corrected chi connectivity index (χ0v) is 18.2. The number of aliphatic carboxylic acids is 1. The molecule has 33 heavy (non-hydrogen) atoms. The molecule has 0 aromatic heterocycles. The molecule has 0 aliphatic heterocycles. The molecule has 0 fully saturated rings. The molecule has 0 aliphatic carbocycles. The van der Waals surface area contributed by atoms with Gasteiger partial charge in [0.15, 0.2) is 0 Å². The fourth-order valence-electron chi connectivity index (χ4n) is 3.64. The number of rotatable bonds is 10. The number of carboxylic acids is 1. The summed E-state index contributed by atoms with van der Waals surface area (Å²) in [6.07, 6.45) is -2.66. The van der Waals surface area contributed by atoms with Crippen molar-refractivity contribution in [3.63, 3.8) is 0 Å². The van der Waals surface area contributed by atoms with Crippen LogP contribution >= 0.6 is 0 Å². The number of carbonyl (C=O) groups is 1. The first-order valence-electron chi connectivity index (χ1n) is 10.4. The highest BCUT2D eigenvalue weighted by molar-refractivity contribution is 5.75. The van der Waals surface area contributed by atoms with Gasteiger partial charge in [0.05, 0.1) is 13.0 Å². The van der Waals surface area contributed by atoms with Gasteiger partial charge in [0.1, 0.15) is 5.82 Å². The van der Waals surface area contributed by atoms with E-state index in [9.17, 15) is 23.1 Å². The van der Waals surface area contributed by atoms with Gasteiger partial charge in [-0.1, -0.05) is 42.5 Å². The van der Waals surface area contributed by atoms with Gasteiger partial charge in [0.25, 0.3) is 6.43 Å². The number of nitrogens with two attached hydrogens (primary N) is 1. The molecular weight excluding hydrogens is 431 g/mol. The molecule has 0 heterocycles. The molecule has 4 N–H and O–H groups in total. The smallest absolute Gasteiger partial charge is 0.307 e. The first-order chi connectivity index (χ1) is 15.8. The minimum absolute atomic E-state index is 0.0378. The minimum Gasteiger partial charge on any atom is -0.481 e. The maximum atomic E-state index is 15.0. The van der Waals surface area contributed by atoms with Crippen LogP contribution in [0.25, 0.3) is 11.1 Å². The summed E-state index contributed by atoms with van der Waals surface area (Å²) in [5.41, 5.74) is 9.42. The number of nitrogens with zero attached hydrogens (tertiary/aromatic N) is 1. The second-order valence-electron chi connectivity index (χ2n) is 7.72. The lowest BCUT2D eigenvalue weighted by atomic mass is 10.00. The Bertz CT molecular complexity index is 1120. The number of alkyl halides is 2. The van der Waals surface area contributed by atoms with E-state index in [4.69, 9.17) is 5.73 Å². The second-order valence-corrected chi connectivity index (χ2v) is 7.72.